The molecule has 0 unspecified atom stereocenters. The van der Waals surface area contributed by atoms with E-state index in [1.165, 1.54) is 0 Å². The molecule has 5 nitrogen and oxygen atoms in total. The van der Waals surface area contributed by atoms with Crippen molar-refractivity contribution in [3.8, 4) is 6.07 Å². The first-order chi connectivity index (χ1) is 8.95. The second-order valence-electron chi connectivity index (χ2n) is 5.45. The molecule has 2 rings (SSSR count). The van der Waals surface area contributed by atoms with Crippen LogP contribution in [-0.4, -0.2) is 34.1 Å². The molecule has 5 heteroatoms. The predicted octanol–water partition coefficient (Wildman–Crippen LogP) is 1.86. The van der Waals surface area contributed by atoms with Gasteiger partial charge in [-0.2, -0.15) is 15.5 Å². The van der Waals surface area contributed by atoms with E-state index in [1.807, 2.05) is 18.7 Å². The molecule has 1 aliphatic rings. The monoisotopic (exact) mass is 258 g/mol. The molecule has 0 aromatic carbocycles. The highest BCUT2D eigenvalue weighted by molar-refractivity contribution is 5.95. The molecular weight excluding hydrogens is 240 g/mol. The summed E-state index contributed by atoms with van der Waals surface area (Å²) in [7, 11) is 0. The smallest absolute Gasteiger partial charge is 0.255 e. The van der Waals surface area contributed by atoms with Crippen molar-refractivity contribution in [2.75, 3.05) is 13.1 Å². The summed E-state index contributed by atoms with van der Waals surface area (Å²) in [5.41, 5.74) is 1.73. The van der Waals surface area contributed by atoms with Gasteiger partial charge in [0.05, 0.1) is 28.4 Å². The van der Waals surface area contributed by atoms with Crippen molar-refractivity contribution in [2.24, 2.45) is 5.41 Å². The number of aryl methyl sites for hydroxylation is 2. The Kier molecular flexibility index (Phi) is 3.52. The van der Waals surface area contributed by atoms with Crippen molar-refractivity contribution >= 4 is 5.91 Å². The lowest BCUT2D eigenvalue weighted by molar-refractivity contribution is 0.0660. The van der Waals surface area contributed by atoms with Crippen LogP contribution in [0.15, 0.2) is 6.07 Å². The van der Waals surface area contributed by atoms with Gasteiger partial charge in [-0.3, -0.25) is 4.79 Å². The first kappa shape index (κ1) is 13.5. The summed E-state index contributed by atoms with van der Waals surface area (Å²) in [6.07, 6.45) is 1.46. The number of hydrogen-bond donors (Lipinski definition) is 0. The van der Waals surface area contributed by atoms with Crippen molar-refractivity contribution in [3.63, 3.8) is 0 Å². The van der Waals surface area contributed by atoms with Crippen LogP contribution in [0, 0.1) is 30.6 Å². The van der Waals surface area contributed by atoms with Crippen molar-refractivity contribution < 1.29 is 4.79 Å². The number of nitrogens with zero attached hydrogens (tertiary/aromatic N) is 4. The number of carbonyl (C=O) groups excluding carboxylic acids is 1. The first-order valence-corrected chi connectivity index (χ1v) is 6.47. The van der Waals surface area contributed by atoms with Crippen LogP contribution in [0.5, 0.6) is 0 Å². The van der Waals surface area contributed by atoms with Gasteiger partial charge in [0.1, 0.15) is 0 Å². The molecule has 2 heterocycles. The van der Waals surface area contributed by atoms with E-state index in [1.54, 1.807) is 13.0 Å². The molecule has 1 aromatic rings. The molecule has 0 atom stereocenters. The highest BCUT2D eigenvalue weighted by Gasteiger charge is 2.32. The maximum absolute atomic E-state index is 12.4. The Morgan fingerprint density at radius 1 is 1.37 bits per heavy atom. The zero-order valence-electron chi connectivity index (χ0n) is 11.6. The molecule has 0 spiro atoms. The molecule has 19 heavy (non-hydrogen) atoms. The van der Waals surface area contributed by atoms with Crippen LogP contribution < -0.4 is 0 Å². The number of likely N-dealkylation sites (tertiary alicyclic amines) is 1. The van der Waals surface area contributed by atoms with Gasteiger partial charge in [-0.1, -0.05) is 0 Å². The first-order valence-electron chi connectivity index (χ1n) is 6.47. The molecule has 100 valence electrons. The summed E-state index contributed by atoms with van der Waals surface area (Å²) in [6.45, 7) is 6.83. The highest BCUT2D eigenvalue weighted by atomic mass is 16.2. The third-order valence-corrected chi connectivity index (χ3v) is 3.76. The van der Waals surface area contributed by atoms with E-state index >= 15 is 0 Å². The van der Waals surface area contributed by atoms with Crippen LogP contribution >= 0.6 is 0 Å². The van der Waals surface area contributed by atoms with Gasteiger partial charge in [-0.15, -0.1) is 0 Å². The van der Waals surface area contributed by atoms with Gasteiger partial charge >= 0.3 is 0 Å². The van der Waals surface area contributed by atoms with Crippen LogP contribution in [0.4, 0.5) is 0 Å². The van der Waals surface area contributed by atoms with Crippen molar-refractivity contribution in [3.05, 3.63) is 23.0 Å². The Bertz CT molecular complexity index is 539. The number of aromatic nitrogens is 2. The number of amides is 1. The second kappa shape index (κ2) is 4.96. The van der Waals surface area contributed by atoms with E-state index in [4.69, 9.17) is 5.26 Å². The number of rotatable bonds is 1. The average Bonchev–Trinajstić information content (AvgIpc) is 2.42. The van der Waals surface area contributed by atoms with E-state index in [0.29, 0.717) is 24.3 Å². The molecular formula is C14H18N4O. The third kappa shape index (κ3) is 2.73. The fraction of sp³-hybridized carbons (Fsp3) is 0.571. The van der Waals surface area contributed by atoms with E-state index in [2.05, 4.69) is 16.3 Å². The van der Waals surface area contributed by atoms with E-state index < -0.39 is 0 Å². The third-order valence-electron chi connectivity index (χ3n) is 3.76. The SMILES string of the molecule is Cc1cc(C(=O)N2CCC(C)(C#N)CC2)c(C)nn1. The minimum atomic E-state index is -0.293. The lowest BCUT2D eigenvalue weighted by Crippen LogP contribution is -2.42. The molecule has 1 fully saturated rings. The van der Waals surface area contributed by atoms with Crippen LogP contribution in [-0.2, 0) is 0 Å². The maximum atomic E-state index is 12.4. The largest absolute Gasteiger partial charge is 0.338 e. The number of hydrogen-bond acceptors (Lipinski definition) is 4. The van der Waals surface area contributed by atoms with E-state index in [-0.39, 0.29) is 11.3 Å². The number of nitriles is 1. The normalized spacial score (nSPS) is 17.9. The Morgan fingerprint density at radius 2 is 2.00 bits per heavy atom. The Morgan fingerprint density at radius 3 is 2.58 bits per heavy atom. The van der Waals surface area contributed by atoms with Crippen molar-refractivity contribution in [2.45, 2.75) is 33.6 Å². The summed E-state index contributed by atoms with van der Waals surface area (Å²) in [5, 5.41) is 17.0. The van der Waals surface area contributed by atoms with Gasteiger partial charge in [0, 0.05) is 13.1 Å². The van der Waals surface area contributed by atoms with Gasteiger partial charge in [-0.25, -0.2) is 0 Å². The highest BCUT2D eigenvalue weighted by Crippen LogP contribution is 2.30. The lowest BCUT2D eigenvalue weighted by Gasteiger charge is -2.35. The molecule has 0 bridgehead atoms. The minimum Gasteiger partial charge on any atom is -0.338 e. The van der Waals surface area contributed by atoms with Crippen LogP contribution in [0.2, 0.25) is 0 Å². The summed E-state index contributed by atoms with van der Waals surface area (Å²) in [6, 6.07) is 4.12. The summed E-state index contributed by atoms with van der Waals surface area (Å²) in [4.78, 5) is 14.3. The zero-order valence-corrected chi connectivity index (χ0v) is 11.6. The molecule has 1 aliphatic heterocycles. The predicted molar refractivity (Wildman–Crippen MR) is 70.4 cm³/mol. The zero-order chi connectivity index (χ0) is 14.0. The van der Waals surface area contributed by atoms with Crippen LogP contribution in [0.3, 0.4) is 0 Å². The quantitative estimate of drug-likeness (QED) is 0.771. The topological polar surface area (TPSA) is 69.9 Å². The van der Waals surface area contributed by atoms with Gasteiger partial charge < -0.3 is 4.90 Å². The Labute approximate surface area is 113 Å². The molecule has 1 aromatic heterocycles. The summed E-state index contributed by atoms with van der Waals surface area (Å²) >= 11 is 0. The average molecular weight is 258 g/mol. The van der Waals surface area contributed by atoms with Crippen molar-refractivity contribution in [1.82, 2.24) is 15.1 Å². The van der Waals surface area contributed by atoms with Crippen LogP contribution in [0.1, 0.15) is 41.5 Å². The summed E-state index contributed by atoms with van der Waals surface area (Å²) < 4.78 is 0. The molecule has 0 N–H and O–H groups in total. The maximum Gasteiger partial charge on any atom is 0.255 e. The molecule has 0 aliphatic carbocycles. The second-order valence-corrected chi connectivity index (χ2v) is 5.45. The van der Waals surface area contributed by atoms with E-state index in [0.717, 1.165) is 18.5 Å². The summed E-state index contributed by atoms with van der Waals surface area (Å²) in [5.74, 6) is -0.00418. The Hall–Kier alpha value is -1.96. The van der Waals surface area contributed by atoms with Gasteiger partial charge in [-0.05, 0) is 39.7 Å². The molecule has 1 amide bonds. The standard InChI is InChI=1S/C14H18N4O/c1-10-8-12(11(2)17-16-10)13(19)18-6-4-14(3,9-15)5-7-18/h8H,4-7H2,1-3H3. The molecule has 0 radical (unpaired) electrons. The van der Waals surface area contributed by atoms with E-state index in [9.17, 15) is 4.79 Å². The van der Waals surface area contributed by atoms with Gasteiger partial charge in [0.15, 0.2) is 0 Å². The molecule has 0 saturated carbocycles. The molecule has 1 saturated heterocycles. The van der Waals surface area contributed by atoms with Crippen molar-refractivity contribution in [1.29, 1.82) is 5.26 Å². The fourth-order valence-electron chi connectivity index (χ4n) is 2.25. The minimum absolute atomic E-state index is 0.00418. The number of carbonyl (C=O) groups is 1. The van der Waals surface area contributed by atoms with Gasteiger partial charge in [0.25, 0.3) is 5.91 Å². The fourth-order valence-corrected chi connectivity index (χ4v) is 2.25. The van der Waals surface area contributed by atoms with Crippen LogP contribution in [0.25, 0.3) is 0 Å². The number of piperidine rings is 1. The lowest BCUT2D eigenvalue weighted by atomic mass is 9.82. The van der Waals surface area contributed by atoms with Gasteiger partial charge in [0.2, 0.25) is 0 Å². The Balaban J connectivity index is 2.14.